The van der Waals surface area contributed by atoms with Gasteiger partial charge in [0, 0.05) is 12.1 Å². The Balaban J connectivity index is 1.82. The quantitative estimate of drug-likeness (QED) is 0.533. The van der Waals surface area contributed by atoms with E-state index in [1.807, 2.05) is 6.07 Å². The maximum Gasteiger partial charge on any atom is 0.255 e. The van der Waals surface area contributed by atoms with Gasteiger partial charge in [0.2, 0.25) is 10.0 Å². The lowest BCUT2D eigenvalue weighted by Crippen LogP contribution is -2.24. The summed E-state index contributed by atoms with van der Waals surface area (Å²) < 4.78 is 27.8. The van der Waals surface area contributed by atoms with E-state index in [0.717, 1.165) is 5.56 Å². The number of halogens is 1. The molecule has 1 amide bonds. The van der Waals surface area contributed by atoms with Gasteiger partial charge >= 0.3 is 0 Å². The molecule has 0 fully saturated rings. The lowest BCUT2D eigenvalue weighted by Gasteiger charge is -2.11. The molecular formula is C20H17ClN2O4S. The van der Waals surface area contributed by atoms with Crippen molar-refractivity contribution in [2.24, 2.45) is 0 Å². The van der Waals surface area contributed by atoms with E-state index in [-0.39, 0.29) is 33.5 Å². The molecule has 3 aromatic carbocycles. The van der Waals surface area contributed by atoms with Crippen molar-refractivity contribution in [3.63, 3.8) is 0 Å². The largest absolute Gasteiger partial charge is 0.506 e. The molecule has 3 rings (SSSR count). The molecule has 0 heterocycles. The molecule has 0 aromatic heterocycles. The van der Waals surface area contributed by atoms with Crippen molar-refractivity contribution in [2.45, 2.75) is 11.4 Å². The van der Waals surface area contributed by atoms with Gasteiger partial charge in [0.25, 0.3) is 5.91 Å². The summed E-state index contributed by atoms with van der Waals surface area (Å²) in [7, 11) is -3.94. The van der Waals surface area contributed by atoms with Crippen LogP contribution in [0.2, 0.25) is 5.02 Å². The molecule has 144 valence electrons. The summed E-state index contributed by atoms with van der Waals surface area (Å²) in [5, 5.41) is 12.3. The van der Waals surface area contributed by atoms with Gasteiger partial charge in [0.15, 0.2) is 0 Å². The molecule has 0 unspecified atom stereocenters. The number of carbonyl (C=O) groups is 1. The summed E-state index contributed by atoms with van der Waals surface area (Å²) in [5.74, 6) is -0.667. The highest BCUT2D eigenvalue weighted by molar-refractivity contribution is 7.89. The van der Waals surface area contributed by atoms with Crippen LogP contribution in [0.4, 0.5) is 5.69 Å². The van der Waals surface area contributed by atoms with Gasteiger partial charge < -0.3 is 10.4 Å². The van der Waals surface area contributed by atoms with Gasteiger partial charge in [-0.05, 0) is 35.9 Å². The van der Waals surface area contributed by atoms with Gasteiger partial charge in [-0.2, -0.15) is 0 Å². The normalized spacial score (nSPS) is 11.2. The molecule has 0 saturated carbocycles. The van der Waals surface area contributed by atoms with Crippen LogP contribution in [0.1, 0.15) is 15.9 Å². The molecule has 0 aliphatic heterocycles. The van der Waals surface area contributed by atoms with Gasteiger partial charge in [0.05, 0.1) is 10.7 Å². The van der Waals surface area contributed by atoms with Crippen LogP contribution < -0.4 is 10.0 Å². The summed E-state index contributed by atoms with van der Waals surface area (Å²) in [6.07, 6.45) is 0. The van der Waals surface area contributed by atoms with Crippen LogP contribution in [0.15, 0.2) is 77.7 Å². The lowest BCUT2D eigenvalue weighted by atomic mass is 10.2. The van der Waals surface area contributed by atoms with Crippen molar-refractivity contribution in [1.82, 2.24) is 4.72 Å². The zero-order valence-corrected chi connectivity index (χ0v) is 16.2. The molecule has 3 N–H and O–H groups in total. The Morgan fingerprint density at radius 2 is 1.64 bits per heavy atom. The highest BCUT2D eigenvalue weighted by Crippen LogP contribution is 2.25. The number of phenols is 1. The maximum atomic E-state index is 12.6. The number of rotatable bonds is 6. The smallest absolute Gasteiger partial charge is 0.255 e. The van der Waals surface area contributed by atoms with Crippen molar-refractivity contribution in [3.05, 3.63) is 88.9 Å². The molecule has 0 radical (unpaired) electrons. The van der Waals surface area contributed by atoms with Gasteiger partial charge in [-0.3, -0.25) is 4.79 Å². The van der Waals surface area contributed by atoms with E-state index in [0.29, 0.717) is 0 Å². The summed E-state index contributed by atoms with van der Waals surface area (Å²) >= 11 is 6.06. The van der Waals surface area contributed by atoms with Crippen molar-refractivity contribution in [3.8, 4) is 5.75 Å². The fourth-order valence-electron chi connectivity index (χ4n) is 2.48. The van der Waals surface area contributed by atoms with E-state index in [2.05, 4.69) is 10.0 Å². The molecule has 0 aliphatic rings. The van der Waals surface area contributed by atoms with Gasteiger partial charge in [-0.25, -0.2) is 13.1 Å². The second kappa shape index (κ2) is 8.43. The first-order valence-electron chi connectivity index (χ1n) is 8.29. The average Bonchev–Trinajstić information content (AvgIpc) is 2.69. The van der Waals surface area contributed by atoms with E-state index in [1.165, 1.54) is 30.3 Å². The number of phenolic OH excluding ortho intramolecular Hbond substituents is 1. The maximum absolute atomic E-state index is 12.6. The van der Waals surface area contributed by atoms with E-state index in [9.17, 15) is 18.3 Å². The van der Waals surface area contributed by atoms with E-state index in [4.69, 9.17) is 11.6 Å². The van der Waals surface area contributed by atoms with Crippen molar-refractivity contribution < 1.29 is 18.3 Å². The highest BCUT2D eigenvalue weighted by atomic mass is 35.5. The molecule has 8 heteroatoms. The van der Waals surface area contributed by atoms with Crippen LogP contribution in [0.25, 0.3) is 0 Å². The predicted molar refractivity (Wildman–Crippen MR) is 108 cm³/mol. The van der Waals surface area contributed by atoms with Crippen molar-refractivity contribution in [2.75, 3.05) is 5.32 Å². The molecule has 0 spiro atoms. The van der Waals surface area contributed by atoms with Crippen molar-refractivity contribution >= 4 is 33.2 Å². The van der Waals surface area contributed by atoms with Crippen LogP contribution in [-0.2, 0) is 16.6 Å². The number of aromatic hydroxyl groups is 1. The van der Waals surface area contributed by atoms with Crippen molar-refractivity contribution in [1.29, 1.82) is 0 Å². The fourth-order valence-corrected chi connectivity index (χ4v) is 4.02. The minimum atomic E-state index is -3.94. The number of benzene rings is 3. The number of carbonyl (C=O) groups excluding carboxylic acids is 1. The lowest BCUT2D eigenvalue weighted by molar-refractivity contribution is 0.102. The molecule has 3 aromatic rings. The topological polar surface area (TPSA) is 95.5 Å². The zero-order chi connectivity index (χ0) is 20.1. The Bertz CT molecular complexity index is 1100. The predicted octanol–water partition coefficient (Wildman–Crippen LogP) is 3.78. The van der Waals surface area contributed by atoms with Gasteiger partial charge in [-0.15, -0.1) is 0 Å². The van der Waals surface area contributed by atoms with Crippen LogP contribution >= 0.6 is 11.6 Å². The second-order valence-electron chi connectivity index (χ2n) is 5.93. The van der Waals surface area contributed by atoms with Crippen LogP contribution in [0.3, 0.4) is 0 Å². The number of amides is 1. The molecule has 0 saturated heterocycles. The average molecular weight is 417 g/mol. The van der Waals surface area contributed by atoms with Gasteiger partial charge in [-0.1, -0.05) is 54.1 Å². The zero-order valence-electron chi connectivity index (χ0n) is 14.6. The third-order valence-corrected chi connectivity index (χ3v) is 5.83. The molecule has 0 aliphatic carbocycles. The summed E-state index contributed by atoms with van der Waals surface area (Å²) in [6.45, 7) is 0.0911. The van der Waals surface area contributed by atoms with Crippen LogP contribution in [0.5, 0.6) is 5.75 Å². The third kappa shape index (κ3) is 4.69. The Morgan fingerprint density at radius 1 is 0.964 bits per heavy atom. The third-order valence-electron chi connectivity index (χ3n) is 3.94. The summed E-state index contributed by atoms with van der Waals surface area (Å²) in [6, 6.07) is 19.2. The molecule has 0 bridgehead atoms. The van der Waals surface area contributed by atoms with E-state index < -0.39 is 15.9 Å². The molecule has 0 atom stereocenters. The first-order valence-corrected chi connectivity index (χ1v) is 10.2. The Hall–Kier alpha value is -2.87. The molecule has 28 heavy (non-hydrogen) atoms. The number of nitrogens with one attached hydrogen (secondary N) is 2. The Morgan fingerprint density at radius 3 is 2.36 bits per heavy atom. The first-order chi connectivity index (χ1) is 13.4. The standard InChI is InChI=1S/C20H17ClN2O4S/c21-16-11-10-15(20(25)23-17-8-4-5-9-18(17)24)12-19(16)28(26,27)22-13-14-6-2-1-3-7-14/h1-12,22,24H,13H2,(H,23,25). The SMILES string of the molecule is O=C(Nc1ccccc1O)c1ccc(Cl)c(S(=O)(=O)NCc2ccccc2)c1. The Kier molecular flexibility index (Phi) is 5.99. The molecule has 6 nitrogen and oxygen atoms in total. The number of anilines is 1. The summed E-state index contributed by atoms with van der Waals surface area (Å²) in [5.41, 5.74) is 1.09. The second-order valence-corrected chi connectivity index (χ2v) is 8.07. The highest BCUT2D eigenvalue weighted by Gasteiger charge is 2.20. The Labute approximate surface area is 167 Å². The van der Waals surface area contributed by atoms with Crippen LogP contribution in [0, 0.1) is 0 Å². The monoisotopic (exact) mass is 416 g/mol. The van der Waals surface area contributed by atoms with E-state index >= 15 is 0 Å². The number of sulfonamides is 1. The molecular weight excluding hydrogens is 400 g/mol. The number of hydrogen-bond acceptors (Lipinski definition) is 4. The summed E-state index contributed by atoms with van der Waals surface area (Å²) in [4.78, 5) is 12.3. The minimum absolute atomic E-state index is 0.000306. The first kappa shape index (κ1) is 19.9. The van der Waals surface area contributed by atoms with Crippen LogP contribution in [-0.4, -0.2) is 19.4 Å². The van der Waals surface area contributed by atoms with E-state index in [1.54, 1.807) is 36.4 Å². The number of hydrogen-bond donors (Lipinski definition) is 3. The minimum Gasteiger partial charge on any atom is -0.506 e. The fraction of sp³-hybridized carbons (Fsp3) is 0.0500. The van der Waals surface area contributed by atoms with Gasteiger partial charge in [0.1, 0.15) is 10.6 Å². The number of para-hydroxylation sites is 2.